The fourth-order valence-electron chi connectivity index (χ4n) is 2.60. The maximum Gasteiger partial charge on any atom is 0.222 e. The van der Waals surface area contributed by atoms with E-state index in [-0.39, 0.29) is 11.7 Å². The average molecular weight is 333 g/mol. The van der Waals surface area contributed by atoms with Gasteiger partial charge in [0.05, 0.1) is 18.0 Å². The van der Waals surface area contributed by atoms with Crippen LogP contribution < -0.4 is 11.1 Å². The molecule has 0 fully saturated rings. The highest BCUT2D eigenvalue weighted by Gasteiger charge is 2.17. The number of rotatable bonds is 5. The predicted molar refractivity (Wildman–Crippen MR) is 94.3 cm³/mol. The standard InChI is InChI=1S/C19H16FN5/c20-15-7-5-14(6-8-15)17(16-3-1-2-4-18(16)22)12-25-19-23-10-13(9-21)11-24-19/h1-8,10-11,17H,12,22H2,(H,23,24,25)/t17-/m0/s1. The molecule has 0 amide bonds. The van der Waals surface area contributed by atoms with Gasteiger partial charge in [0.25, 0.3) is 0 Å². The molecule has 3 rings (SSSR count). The Labute approximate surface area is 145 Å². The normalized spacial score (nSPS) is 11.5. The van der Waals surface area contributed by atoms with Crippen LogP contribution in [0.25, 0.3) is 0 Å². The SMILES string of the molecule is N#Cc1cnc(NC[C@@H](c2ccc(F)cc2)c2ccccc2N)nc1. The summed E-state index contributed by atoms with van der Waals surface area (Å²) >= 11 is 0. The monoisotopic (exact) mass is 333 g/mol. The Balaban J connectivity index is 1.87. The second kappa shape index (κ2) is 7.41. The Morgan fingerprint density at radius 2 is 1.76 bits per heavy atom. The third-order valence-electron chi connectivity index (χ3n) is 3.89. The fourth-order valence-corrected chi connectivity index (χ4v) is 2.60. The fraction of sp³-hybridized carbons (Fsp3) is 0.105. The van der Waals surface area contributed by atoms with Crippen LogP contribution >= 0.6 is 0 Å². The molecule has 0 saturated carbocycles. The summed E-state index contributed by atoms with van der Waals surface area (Å²) in [6, 6.07) is 15.9. The second-order valence-electron chi connectivity index (χ2n) is 5.52. The third-order valence-corrected chi connectivity index (χ3v) is 3.89. The smallest absolute Gasteiger partial charge is 0.222 e. The number of aromatic nitrogens is 2. The minimum atomic E-state index is -0.285. The second-order valence-corrected chi connectivity index (χ2v) is 5.52. The highest BCUT2D eigenvalue weighted by molar-refractivity contribution is 5.52. The number of nitrogens with zero attached hydrogens (tertiary/aromatic N) is 3. The van der Waals surface area contributed by atoms with Crippen molar-refractivity contribution in [1.82, 2.24) is 9.97 Å². The van der Waals surface area contributed by atoms with Crippen molar-refractivity contribution in [2.75, 3.05) is 17.6 Å². The van der Waals surface area contributed by atoms with Crippen molar-refractivity contribution >= 4 is 11.6 Å². The number of hydrogen-bond acceptors (Lipinski definition) is 5. The Hall–Kier alpha value is -3.46. The van der Waals surface area contributed by atoms with E-state index in [0.717, 1.165) is 11.1 Å². The number of benzene rings is 2. The molecule has 25 heavy (non-hydrogen) atoms. The molecule has 0 radical (unpaired) electrons. The number of nitrogens with two attached hydrogens (primary N) is 1. The van der Waals surface area contributed by atoms with Crippen LogP contribution in [0.1, 0.15) is 22.6 Å². The zero-order valence-corrected chi connectivity index (χ0v) is 13.4. The molecule has 0 aliphatic carbocycles. The van der Waals surface area contributed by atoms with Crippen molar-refractivity contribution in [3.8, 4) is 6.07 Å². The summed E-state index contributed by atoms with van der Waals surface area (Å²) in [5.74, 6) is 0.0357. The molecule has 0 aliphatic rings. The van der Waals surface area contributed by atoms with Gasteiger partial charge in [-0.25, -0.2) is 14.4 Å². The van der Waals surface area contributed by atoms with Crippen LogP contribution in [0.5, 0.6) is 0 Å². The van der Waals surface area contributed by atoms with Crippen molar-refractivity contribution < 1.29 is 4.39 Å². The lowest BCUT2D eigenvalue weighted by Crippen LogP contribution is -2.17. The van der Waals surface area contributed by atoms with Crippen LogP contribution in [0.15, 0.2) is 60.9 Å². The van der Waals surface area contributed by atoms with Gasteiger partial charge in [-0.3, -0.25) is 0 Å². The molecule has 2 aromatic carbocycles. The number of halogens is 1. The molecule has 0 aliphatic heterocycles. The molecular formula is C19H16FN5. The van der Waals surface area contributed by atoms with Crippen LogP contribution in [-0.2, 0) is 0 Å². The molecule has 1 aromatic heterocycles. The molecule has 0 spiro atoms. The van der Waals surface area contributed by atoms with Gasteiger partial charge in [0.15, 0.2) is 0 Å². The van der Waals surface area contributed by atoms with Crippen molar-refractivity contribution in [1.29, 1.82) is 5.26 Å². The Morgan fingerprint density at radius 3 is 2.40 bits per heavy atom. The maximum absolute atomic E-state index is 13.3. The molecule has 5 nitrogen and oxygen atoms in total. The van der Waals surface area contributed by atoms with E-state index in [1.165, 1.54) is 24.5 Å². The molecule has 0 saturated heterocycles. The van der Waals surface area contributed by atoms with Gasteiger partial charge in [-0.15, -0.1) is 0 Å². The van der Waals surface area contributed by atoms with E-state index in [4.69, 9.17) is 11.0 Å². The molecule has 6 heteroatoms. The van der Waals surface area contributed by atoms with E-state index in [1.54, 1.807) is 12.1 Å². The Morgan fingerprint density at radius 1 is 1.08 bits per heavy atom. The first-order valence-electron chi connectivity index (χ1n) is 7.73. The van der Waals surface area contributed by atoms with Crippen molar-refractivity contribution in [3.63, 3.8) is 0 Å². The molecule has 1 heterocycles. The van der Waals surface area contributed by atoms with Gasteiger partial charge >= 0.3 is 0 Å². The number of nitrogen functional groups attached to an aromatic ring is 1. The largest absolute Gasteiger partial charge is 0.398 e. The highest BCUT2D eigenvalue weighted by atomic mass is 19.1. The van der Waals surface area contributed by atoms with Crippen LogP contribution in [0.2, 0.25) is 0 Å². The summed E-state index contributed by atoms with van der Waals surface area (Å²) in [4.78, 5) is 8.22. The van der Waals surface area contributed by atoms with Crippen molar-refractivity contribution in [2.24, 2.45) is 0 Å². The van der Waals surface area contributed by atoms with Gasteiger partial charge in [0.2, 0.25) is 5.95 Å². The molecule has 0 unspecified atom stereocenters. The van der Waals surface area contributed by atoms with Crippen molar-refractivity contribution in [3.05, 3.63) is 83.4 Å². The first-order chi connectivity index (χ1) is 12.2. The third kappa shape index (κ3) is 3.90. The number of nitrogens with one attached hydrogen (secondary N) is 1. The topological polar surface area (TPSA) is 87.6 Å². The summed E-state index contributed by atoms with van der Waals surface area (Å²) in [6.45, 7) is 0.478. The molecule has 3 N–H and O–H groups in total. The predicted octanol–water partition coefficient (Wildman–Crippen LogP) is 3.31. The zero-order valence-electron chi connectivity index (χ0n) is 13.4. The van der Waals surface area contributed by atoms with Crippen LogP contribution in [-0.4, -0.2) is 16.5 Å². The maximum atomic E-state index is 13.3. The number of hydrogen-bond donors (Lipinski definition) is 2. The first kappa shape index (κ1) is 16.4. The lowest BCUT2D eigenvalue weighted by atomic mass is 9.90. The average Bonchev–Trinajstić information content (AvgIpc) is 2.65. The molecule has 3 aromatic rings. The summed E-state index contributed by atoms with van der Waals surface area (Å²) in [5.41, 5.74) is 9.06. The van der Waals surface area contributed by atoms with E-state index in [0.29, 0.717) is 23.7 Å². The van der Waals surface area contributed by atoms with E-state index < -0.39 is 0 Å². The summed E-state index contributed by atoms with van der Waals surface area (Å²) in [5, 5.41) is 12.0. The van der Waals surface area contributed by atoms with E-state index in [1.807, 2.05) is 30.3 Å². The zero-order chi connectivity index (χ0) is 17.6. The Bertz CT molecular complexity index is 885. The van der Waals surface area contributed by atoms with Gasteiger partial charge < -0.3 is 11.1 Å². The lowest BCUT2D eigenvalue weighted by Gasteiger charge is -2.20. The summed E-state index contributed by atoms with van der Waals surface area (Å²) in [7, 11) is 0. The van der Waals surface area contributed by atoms with E-state index in [9.17, 15) is 4.39 Å². The number of para-hydroxylation sites is 1. The highest BCUT2D eigenvalue weighted by Crippen LogP contribution is 2.29. The lowest BCUT2D eigenvalue weighted by molar-refractivity contribution is 0.626. The summed E-state index contributed by atoms with van der Waals surface area (Å²) in [6.07, 6.45) is 2.91. The molecular weight excluding hydrogens is 317 g/mol. The quantitative estimate of drug-likeness (QED) is 0.699. The van der Waals surface area contributed by atoms with Gasteiger partial charge in [-0.05, 0) is 29.3 Å². The molecule has 124 valence electrons. The van der Waals surface area contributed by atoms with Gasteiger partial charge in [-0.2, -0.15) is 5.26 Å². The first-order valence-corrected chi connectivity index (χ1v) is 7.73. The van der Waals surface area contributed by atoms with Crippen LogP contribution in [0.4, 0.5) is 16.0 Å². The number of anilines is 2. The number of nitriles is 1. The molecule has 1 atom stereocenters. The Kier molecular flexibility index (Phi) is 4.86. The summed E-state index contributed by atoms with van der Waals surface area (Å²) < 4.78 is 13.3. The van der Waals surface area contributed by atoms with Crippen LogP contribution in [0.3, 0.4) is 0 Å². The van der Waals surface area contributed by atoms with Gasteiger partial charge in [-0.1, -0.05) is 30.3 Å². The van der Waals surface area contributed by atoms with E-state index >= 15 is 0 Å². The van der Waals surface area contributed by atoms with Crippen molar-refractivity contribution in [2.45, 2.75) is 5.92 Å². The van der Waals surface area contributed by atoms with Gasteiger partial charge in [0, 0.05) is 18.2 Å². The minimum Gasteiger partial charge on any atom is -0.398 e. The van der Waals surface area contributed by atoms with E-state index in [2.05, 4.69) is 15.3 Å². The minimum absolute atomic E-state index is 0.0963. The van der Waals surface area contributed by atoms with Gasteiger partial charge in [0.1, 0.15) is 11.9 Å². The van der Waals surface area contributed by atoms with Crippen LogP contribution in [0, 0.1) is 17.1 Å². The molecule has 0 bridgehead atoms.